The van der Waals surface area contributed by atoms with Crippen molar-refractivity contribution >= 4 is 12.2 Å². The lowest BCUT2D eigenvalue weighted by molar-refractivity contribution is 0.562. The van der Waals surface area contributed by atoms with Crippen molar-refractivity contribution in [2.75, 3.05) is 0 Å². The van der Waals surface area contributed by atoms with Crippen molar-refractivity contribution in [1.82, 2.24) is 19.7 Å². The molecule has 3 aromatic heterocycles. The Kier molecular flexibility index (Phi) is 2.77. The van der Waals surface area contributed by atoms with Crippen molar-refractivity contribution < 1.29 is 4.42 Å². The van der Waals surface area contributed by atoms with Gasteiger partial charge in [0.1, 0.15) is 0 Å². The highest BCUT2D eigenvalue weighted by atomic mass is 32.1. The maximum absolute atomic E-state index is 5.24. The lowest BCUT2D eigenvalue weighted by Crippen LogP contribution is -2.01. The predicted octanol–water partition coefficient (Wildman–Crippen LogP) is 2.64. The van der Waals surface area contributed by atoms with Crippen LogP contribution in [0.4, 0.5) is 0 Å². The number of furan rings is 1. The van der Waals surface area contributed by atoms with E-state index in [2.05, 4.69) is 15.2 Å². The predicted molar refractivity (Wildman–Crippen MR) is 68.5 cm³/mol. The Balaban J connectivity index is 2.04. The smallest absolute Gasteiger partial charge is 0.195 e. The van der Waals surface area contributed by atoms with Crippen molar-refractivity contribution in [2.24, 2.45) is 0 Å². The fraction of sp³-hybridized carbons (Fsp3) is 0.0833. The quantitative estimate of drug-likeness (QED) is 0.734. The highest BCUT2D eigenvalue weighted by Crippen LogP contribution is 2.17. The van der Waals surface area contributed by atoms with E-state index in [0.29, 0.717) is 11.3 Å². The Morgan fingerprint density at radius 1 is 1.28 bits per heavy atom. The molecule has 3 heterocycles. The summed E-state index contributed by atoms with van der Waals surface area (Å²) >= 11 is 5.24. The third-order valence-electron chi connectivity index (χ3n) is 2.62. The van der Waals surface area contributed by atoms with Crippen LogP contribution >= 0.6 is 12.2 Å². The van der Waals surface area contributed by atoms with Crippen molar-refractivity contribution in [3.05, 3.63) is 53.5 Å². The molecule has 0 unspecified atom stereocenters. The molecule has 6 heteroatoms. The van der Waals surface area contributed by atoms with E-state index >= 15 is 0 Å². The molecule has 3 aromatic rings. The maximum Gasteiger partial charge on any atom is 0.195 e. The maximum atomic E-state index is 5.24. The number of pyridine rings is 1. The fourth-order valence-electron chi connectivity index (χ4n) is 1.75. The first-order valence-electron chi connectivity index (χ1n) is 5.41. The zero-order valence-corrected chi connectivity index (χ0v) is 10.2. The molecule has 0 spiro atoms. The lowest BCUT2D eigenvalue weighted by Gasteiger charge is -2.04. The Labute approximate surface area is 108 Å². The SMILES string of the molecule is S=c1[nH]nc(-c2ccncc2)n1Cc1ccoc1. The molecule has 0 aromatic carbocycles. The summed E-state index contributed by atoms with van der Waals surface area (Å²) in [6.45, 7) is 0.628. The summed E-state index contributed by atoms with van der Waals surface area (Å²) in [5, 5.41) is 7.07. The van der Waals surface area contributed by atoms with Crippen LogP contribution in [0.15, 0.2) is 47.5 Å². The molecule has 0 atom stereocenters. The van der Waals surface area contributed by atoms with Gasteiger partial charge in [0.15, 0.2) is 10.6 Å². The molecule has 1 N–H and O–H groups in total. The van der Waals surface area contributed by atoms with E-state index in [0.717, 1.165) is 17.0 Å². The zero-order valence-electron chi connectivity index (χ0n) is 9.41. The first kappa shape index (κ1) is 10.9. The molecule has 18 heavy (non-hydrogen) atoms. The third-order valence-corrected chi connectivity index (χ3v) is 2.93. The van der Waals surface area contributed by atoms with Gasteiger partial charge in [0.25, 0.3) is 0 Å². The average Bonchev–Trinajstić information content (AvgIpc) is 3.03. The van der Waals surface area contributed by atoms with Gasteiger partial charge in [0, 0.05) is 23.5 Å². The van der Waals surface area contributed by atoms with Crippen LogP contribution in [0, 0.1) is 4.77 Å². The molecule has 0 fully saturated rings. The minimum absolute atomic E-state index is 0.586. The summed E-state index contributed by atoms with van der Waals surface area (Å²) in [5.74, 6) is 0.795. The zero-order chi connectivity index (χ0) is 12.4. The van der Waals surface area contributed by atoms with Crippen molar-refractivity contribution in [2.45, 2.75) is 6.54 Å². The summed E-state index contributed by atoms with van der Waals surface area (Å²) in [4.78, 5) is 3.99. The molecule has 5 nitrogen and oxygen atoms in total. The molecule has 0 saturated carbocycles. The van der Waals surface area contributed by atoms with Gasteiger partial charge < -0.3 is 4.42 Å². The molecular formula is C12H10N4OS. The van der Waals surface area contributed by atoms with E-state index in [-0.39, 0.29) is 0 Å². The number of nitrogens with zero attached hydrogens (tertiary/aromatic N) is 3. The van der Waals surface area contributed by atoms with Crippen molar-refractivity contribution in [1.29, 1.82) is 0 Å². The first-order chi connectivity index (χ1) is 8.84. The van der Waals surface area contributed by atoms with E-state index in [1.165, 1.54) is 0 Å². The van der Waals surface area contributed by atoms with Crippen LogP contribution in [0.3, 0.4) is 0 Å². The summed E-state index contributed by atoms with van der Waals surface area (Å²) in [5.41, 5.74) is 2.02. The monoisotopic (exact) mass is 258 g/mol. The minimum atomic E-state index is 0.586. The molecule has 0 saturated heterocycles. The summed E-state index contributed by atoms with van der Waals surface area (Å²) in [6, 6.07) is 5.71. The molecule has 0 amide bonds. The largest absolute Gasteiger partial charge is 0.472 e. The van der Waals surface area contributed by atoms with Gasteiger partial charge in [-0.2, -0.15) is 5.10 Å². The average molecular weight is 258 g/mol. The second-order valence-corrected chi connectivity index (χ2v) is 4.19. The summed E-state index contributed by atoms with van der Waals surface area (Å²) in [7, 11) is 0. The summed E-state index contributed by atoms with van der Waals surface area (Å²) in [6.07, 6.45) is 6.81. The number of hydrogen-bond acceptors (Lipinski definition) is 4. The standard InChI is InChI=1S/C12H10N4OS/c18-12-15-14-11(10-1-4-13-5-2-10)16(12)7-9-3-6-17-8-9/h1-6,8H,7H2,(H,15,18). The second-order valence-electron chi connectivity index (χ2n) is 3.81. The van der Waals surface area contributed by atoms with Crippen molar-refractivity contribution in [3.8, 4) is 11.4 Å². The van der Waals surface area contributed by atoms with E-state index in [1.807, 2.05) is 22.8 Å². The van der Waals surface area contributed by atoms with Crippen LogP contribution in [-0.4, -0.2) is 19.7 Å². The number of rotatable bonds is 3. The number of aromatic amines is 1. The van der Waals surface area contributed by atoms with Gasteiger partial charge in [-0.15, -0.1) is 0 Å². The van der Waals surface area contributed by atoms with E-state index < -0.39 is 0 Å². The molecule has 0 aliphatic rings. The fourth-order valence-corrected chi connectivity index (χ4v) is 1.95. The van der Waals surface area contributed by atoms with Crippen LogP contribution in [0.5, 0.6) is 0 Å². The van der Waals surface area contributed by atoms with Crippen molar-refractivity contribution in [3.63, 3.8) is 0 Å². The van der Waals surface area contributed by atoms with E-state index in [1.54, 1.807) is 24.9 Å². The lowest BCUT2D eigenvalue weighted by atomic mass is 10.2. The molecule has 0 bridgehead atoms. The topological polar surface area (TPSA) is 59.6 Å². The van der Waals surface area contributed by atoms with Gasteiger partial charge in [-0.1, -0.05) is 0 Å². The third kappa shape index (κ3) is 1.98. The van der Waals surface area contributed by atoms with Crippen LogP contribution in [0.2, 0.25) is 0 Å². The van der Waals surface area contributed by atoms with E-state index in [9.17, 15) is 0 Å². The highest BCUT2D eigenvalue weighted by Gasteiger charge is 2.09. The number of nitrogens with one attached hydrogen (secondary N) is 1. The van der Waals surface area contributed by atoms with Crippen LogP contribution in [0.25, 0.3) is 11.4 Å². The number of hydrogen-bond donors (Lipinski definition) is 1. The van der Waals surface area contributed by atoms with E-state index in [4.69, 9.17) is 16.6 Å². The van der Waals surface area contributed by atoms with Gasteiger partial charge in [0.05, 0.1) is 19.1 Å². The molecule has 0 aliphatic carbocycles. The Hall–Kier alpha value is -2.21. The van der Waals surface area contributed by atoms with Crippen LogP contribution < -0.4 is 0 Å². The second kappa shape index (κ2) is 4.58. The number of aromatic nitrogens is 4. The van der Waals surface area contributed by atoms with Gasteiger partial charge in [-0.3, -0.25) is 14.6 Å². The molecule has 0 aliphatic heterocycles. The van der Waals surface area contributed by atoms with Gasteiger partial charge in [-0.05, 0) is 30.4 Å². The highest BCUT2D eigenvalue weighted by molar-refractivity contribution is 7.71. The molecule has 0 radical (unpaired) electrons. The summed E-state index contributed by atoms with van der Waals surface area (Å²) < 4.78 is 7.57. The Morgan fingerprint density at radius 2 is 2.11 bits per heavy atom. The first-order valence-corrected chi connectivity index (χ1v) is 5.82. The number of H-pyrrole nitrogens is 1. The molecule has 3 rings (SSSR count). The normalized spacial score (nSPS) is 10.7. The Bertz CT molecular complexity index is 684. The molecule has 90 valence electrons. The van der Waals surface area contributed by atoms with Crippen LogP contribution in [-0.2, 0) is 6.54 Å². The minimum Gasteiger partial charge on any atom is -0.472 e. The van der Waals surface area contributed by atoms with Crippen LogP contribution in [0.1, 0.15) is 5.56 Å². The van der Waals surface area contributed by atoms with Gasteiger partial charge in [-0.25, -0.2) is 0 Å². The Morgan fingerprint density at radius 3 is 2.83 bits per heavy atom. The molecular weight excluding hydrogens is 248 g/mol. The van der Waals surface area contributed by atoms with Gasteiger partial charge in [0.2, 0.25) is 0 Å². The van der Waals surface area contributed by atoms with Gasteiger partial charge >= 0.3 is 0 Å².